The third-order valence-electron chi connectivity index (χ3n) is 1.47. The van der Waals surface area contributed by atoms with Gasteiger partial charge in [-0.1, -0.05) is 11.6 Å². The summed E-state index contributed by atoms with van der Waals surface area (Å²) in [4.78, 5) is 1.07. The van der Waals surface area contributed by atoms with Gasteiger partial charge in [-0.15, -0.1) is 11.8 Å². The van der Waals surface area contributed by atoms with Crippen molar-refractivity contribution in [1.29, 1.82) is 5.41 Å². The van der Waals surface area contributed by atoms with Crippen molar-refractivity contribution >= 4 is 29.2 Å². The number of rotatable bonds is 2. The van der Waals surface area contributed by atoms with Crippen LogP contribution in [0.2, 0.25) is 5.02 Å². The van der Waals surface area contributed by atoms with Crippen molar-refractivity contribution in [1.82, 2.24) is 0 Å². The van der Waals surface area contributed by atoms with Crippen LogP contribution >= 0.6 is 23.4 Å². The van der Waals surface area contributed by atoms with Crippen molar-refractivity contribution in [3.8, 4) is 0 Å². The van der Waals surface area contributed by atoms with Gasteiger partial charge < -0.3 is 5.73 Å². The van der Waals surface area contributed by atoms with E-state index in [1.165, 1.54) is 0 Å². The fourth-order valence-corrected chi connectivity index (χ4v) is 1.63. The van der Waals surface area contributed by atoms with Gasteiger partial charge in [0.05, 0.1) is 5.02 Å². The molecule has 0 aliphatic rings. The van der Waals surface area contributed by atoms with Crippen molar-refractivity contribution in [2.75, 3.05) is 6.26 Å². The van der Waals surface area contributed by atoms with Gasteiger partial charge in [0, 0.05) is 10.5 Å². The summed E-state index contributed by atoms with van der Waals surface area (Å²) in [5.41, 5.74) is 5.89. The lowest BCUT2D eigenvalue weighted by molar-refractivity contribution is 1.39. The number of nitrogen functional groups attached to an aromatic ring is 1. The number of nitrogens with two attached hydrogens (primary N) is 1. The number of hydrogen-bond acceptors (Lipinski definition) is 2. The standard InChI is InChI=1S/C8H9ClN2S/c1-12-5-2-3-6(8(10)11)7(9)4-5/h2-4H,1H3,(H3,10,11). The molecule has 0 radical (unpaired) electrons. The van der Waals surface area contributed by atoms with E-state index >= 15 is 0 Å². The Bertz CT molecular complexity index is 312. The maximum atomic E-state index is 7.19. The first-order valence-electron chi connectivity index (χ1n) is 3.33. The van der Waals surface area contributed by atoms with E-state index < -0.39 is 0 Å². The molecule has 0 aliphatic heterocycles. The summed E-state index contributed by atoms with van der Waals surface area (Å²) in [7, 11) is 0. The lowest BCUT2D eigenvalue weighted by Gasteiger charge is -2.02. The predicted octanol–water partition coefficient (Wildman–Crippen LogP) is 2.35. The van der Waals surface area contributed by atoms with E-state index in [2.05, 4.69) is 0 Å². The monoisotopic (exact) mass is 200 g/mol. The molecule has 1 aromatic rings. The molecule has 1 aromatic carbocycles. The van der Waals surface area contributed by atoms with Crippen LogP contribution in [0.5, 0.6) is 0 Å². The molecule has 0 saturated carbocycles. The van der Waals surface area contributed by atoms with E-state index in [9.17, 15) is 0 Å². The number of thioether (sulfide) groups is 1. The largest absolute Gasteiger partial charge is 0.384 e. The summed E-state index contributed by atoms with van der Waals surface area (Å²) in [6, 6.07) is 5.47. The van der Waals surface area contributed by atoms with Gasteiger partial charge in [0.1, 0.15) is 5.84 Å². The molecule has 4 heteroatoms. The highest BCUT2D eigenvalue weighted by molar-refractivity contribution is 7.98. The molecule has 1 rings (SSSR count). The molecule has 0 fully saturated rings. The number of halogens is 1. The van der Waals surface area contributed by atoms with Crippen LogP contribution in [0, 0.1) is 5.41 Å². The van der Waals surface area contributed by atoms with Gasteiger partial charge in [0.15, 0.2) is 0 Å². The van der Waals surface area contributed by atoms with E-state index in [-0.39, 0.29) is 5.84 Å². The van der Waals surface area contributed by atoms with E-state index in [0.29, 0.717) is 10.6 Å². The summed E-state index contributed by atoms with van der Waals surface area (Å²) in [5.74, 6) is 0.00709. The first-order valence-corrected chi connectivity index (χ1v) is 4.93. The Morgan fingerprint density at radius 3 is 2.67 bits per heavy atom. The molecule has 0 aromatic heterocycles. The topological polar surface area (TPSA) is 49.9 Å². The highest BCUT2D eigenvalue weighted by Gasteiger charge is 2.03. The fraction of sp³-hybridized carbons (Fsp3) is 0.125. The van der Waals surface area contributed by atoms with Crippen LogP contribution in [-0.4, -0.2) is 12.1 Å². The van der Waals surface area contributed by atoms with Crippen molar-refractivity contribution in [2.24, 2.45) is 5.73 Å². The SMILES string of the molecule is CSc1ccc(C(=N)N)c(Cl)c1. The Morgan fingerprint density at radius 2 is 2.25 bits per heavy atom. The molecule has 2 nitrogen and oxygen atoms in total. The predicted molar refractivity (Wildman–Crippen MR) is 54.2 cm³/mol. The smallest absolute Gasteiger partial charge is 0.124 e. The van der Waals surface area contributed by atoms with Gasteiger partial charge in [-0.2, -0.15) is 0 Å². The maximum absolute atomic E-state index is 7.19. The summed E-state index contributed by atoms with van der Waals surface area (Å²) in [6.45, 7) is 0. The lowest BCUT2D eigenvalue weighted by Crippen LogP contribution is -2.11. The number of amidine groups is 1. The van der Waals surface area contributed by atoms with Gasteiger partial charge >= 0.3 is 0 Å². The number of hydrogen-bond donors (Lipinski definition) is 2. The molecule has 0 unspecified atom stereocenters. The Balaban J connectivity index is 3.12. The number of benzene rings is 1. The van der Waals surface area contributed by atoms with E-state index in [0.717, 1.165) is 4.90 Å². The molecule has 64 valence electrons. The van der Waals surface area contributed by atoms with E-state index in [4.69, 9.17) is 22.7 Å². The zero-order valence-corrected chi connectivity index (χ0v) is 8.17. The van der Waals surface area contributed by atoms with Gasteiger partial charge in [0.2, 0.25) is 0 Å². The first kappa shape index (κ1) is 9.42. The minimum Gasteiger partial charge on any atom is -0.384 e. The van der Waals surface area contributed by atoms with Gasteiger partial charge in [-0.3, -0.25) is 5.41 Å². The molecule has 0 bridgehead atoms. The quantitative estimate of drug-likeness (QED) is 0.438. The molecule has 12 heavy (non-hydrogen) atoms. The average Bonchev–Trinajstić information content (AvgIpc) is 2.03. The Labute approximate surface area is 80.6 Å². The van der Waals surface area contributed by atoms with Crippen LogP contribution in [0.4, 0.5) is 0 Å². The summed E-state index contributed by atoms with van der Waals surface area (Å²) in [5, 5.41) is 7.73. The van der Waals surface area contributed by atoms with Crippen molar-refractivity contribution in [2.45, 2.75) is 4.90 Å². The van der Waals surface area contributed by atoms with E-state index in [1.54, 1.807) is 17.8 Å². The molecular formula is C8H9ClN2S. The fourth-order valence-electron chi connectivity index (χ4n) is 0.841. The average molecular weight is 201 g/mol. The highest BCUT2D eigenvalue weighted by atomic mass is 35.5. The Kier molecular flexibility index (Phi) is 3.00. The summed E-state index contributed by atoms with van der Waals surface area (Å²) in [6.07, 6.45) is 1.97. The third-order valence-corrected chi connectivity index (χ3v) is 2.50. The molecule has 3 N–H and O–H groups in total. The zero-order valence-electron chi connectivity index (χ0n) is 6.60. The van der Waals surface area contributed by atoms with Crippen LogP contribution in [0.3, 0.4) is 0 Å². The van der Waals surface area contributed by atoms with Crippen molar-refractivity contribution < 1.29 is 0 Å². The van der Waals surface area contributed by atoms with Gasteiger partial charge in [-0.25, -0.2) is 0 Å². The van der Waals surface area contributed by atoms with Crippen molar-refractivity contribution in [3.05, 3.63) is 28.8 Å². The van der Waals surface area contributed by atoms with Crippen LogP contribution < -0.4 is 5.73 Å². The molecule has 0 amide bonds. The third kappa shape index (κ3) is 1.93. The second-order valence-corrected chi connectivity index (χ2v) is 3.55. The minimum atomic E-state index is 0.00709. The molecule has 0 atom stereocenters. The molecule has 0 aliphatic carbocycles. The highest BCUT2D eigenvalue weighted by Crippen LogP contribution is 2.22. The minimum absolute atomic E-state index is 0.00709. The lowest BCUT2D eigenvalue weighted by atomic mass is 10.2. The molecule has 0 heterocycles. The van der Waals surface area contributed by atoms with Gasteiger partial charge in [0.25, 0.3) is 0 Å². The van der Waals surface area contributed by atoms with Gasteiger partial charge in [-0.05, 0) is 24.5 Å². The second kappa shape index (κ2) is 3.83. The van der Waals surface area contributed by atoms with E-state index in [1.807, 2.05) is 18.4 Å². The summed E-state index contributed by atoms with van der Waals surface area (Å²) >= 11 is 7.48. The first-order chi connectivity index (χ1) is 5.65. The maximum Gasteiger partial charge on any atom is 0.124 e. The van der Waals surface area contributed by atoms with Crippen LogP contribution in [0.25, 0.3) is 0 Å². The number of nitrogens with one attached hydrogen (secondary N) is 1. The molecule has 0 spiro atoms. The Morgan fingerprint density at radius 1 is 1.58 bits per heavy atom. The Hall–Kier alpha value is -0.670. The summed E-state index contributed by atoms with van der Waals surface area (Å²) < 4.78 is 0. The zero-order chi connectivity index (χ0) is 9.14. The normalized spacial score (nSPS) is 9.83. The van der Waals surface area contributed by atoms with Crippen LogP contribution in [0.15, 0.2) is 23.1 Å². The second-order valence-electron chi connectivity index (χ2n) is 2.26. The molecular weight excluding hydrogens is 192 g/mol. The van der Waals surface area contributed by atoms with Crippen molar-refractivity contribution in [3.63, 3.8) is 0 Å². The van der Waals surface area contributed by atoms with Crippen LogP contribution in [-0.2, 0) is 0 Å². The van der Waals surface area contributed by atoms with Crippen LogP contribution in [0.1, 0.15) is 5.56 Å². The molecule has 0 saturated heterocycles.